The Morgan fingerprint density at radius 3 is 2.67 bits per heavy atom. The van der Waals surface area contributed by atoms with Crippen LogP contribution in [0.1, 0.15) is 5.56 Å². The summed E-state index contributed by atoms with van der Waals surface area (Å²) in [6, 6.07) is 8.52. The highest BCUT2D eigenvalue weighted by atomic mass is 35.7. The maximum Gasteiger partial charge on any atom is 0.235 e. The fourth-order valence-corrected chi connectivity index (χ4v) is 1.41. The zero-order valence-corrected chi connectivity index (χ0v) is 9.25. The summed E-state index contributed by atoms with van der Waals surface area (Å²) in [6.45, 7) is -0.0650. The van der Waals surface area contributed by atoms with Gasteiger partial charge >= 0.3 is 0 Å². The molecule has 0 saturated heterocycles. The minimum absolute atomic E-state index is 0.0650. The van der Waals surface area contributed by atoms with Crippen LogP contribution in [0.5, 0.6) is 5.75 Å². The second-order valence-electron chi connectivity index (χ2n) is 2.70. The number of benzene rings is 1. The fourth-order valence-electron chi connectivity index (χ4n) is 0.936. The number of nitriles is 1. The van der Waals surface area contributed by atoms with Gasteiger partial charge in [0.15, 0.2) is 0 Å². The molecule has 1 aromatic rings. The molecule has 0 spiro atoms. The Kier molecular flexibility index (Phi) is 3.95. The van der Waals surface area contributed by atoms with Crippen LogP contribution in [-0.2, 0) is 9.05 Å². The average Bonchev–Trinajstić information content (AvgIpc) is 2.16. The molecule has 0 radical (unpaired) electrons. The first-order valence-electron chi connectivity index (χ1n) is 4.07. The van der Waals surface area contributed by atoms with Gasteiger partial charge in [-0.2, -0.15) is 5.26 Å². The van der Waals surface area contributed by atoms with Crippen molar-refractivity contribution in [2.75, 3.05) is 12.4 Å². The summed E-state index contributed by atoms with van der Waals surface area (Å²) in [7, 11) is 1.45. The number of hydrogen-bond donors (Lipinski definition) is 0. The normalized spacial score (nSPS) is 10.7. The summed E-state index contributed by atoms with van der Waals surface area (Å²) in [5.74, 6) is 0.0780. The van der Waals surface area contributed by atoms with E-state index < -0.39 is 9.05 Å². The molecule has 0 fully saturated rings. The molecule has 0 amide bonds. The highest BCUT2D eigenvalue weighted by molar-refractivity contribution is 8.13. The number of ether oxygens (including phenoxy) is 1. The van der Waals surface area contributed by atoms with E-state index in [2.05, 4.69) is 0 Å². The Balaban J connectivity index is 2.63. The van der Waals surface area contributed by atoms with E-state index in [1.807, 2.05) is 6.07 Å². The lowest BCUT2D eigenvalue weighted by molar-refractivity contribution is 0.340. The van der Waals surface area contributed by atoms with E-state index in [4.69, 9.17) is 20.7 Å². The second-order valence-corrected chi connectivity index (χ2v) is 5.60. The molecule has 0 N–H and O–H groups in total. The maximum absolute atomic E-state index is 10.6. The lowest BCUT2D eigenvalue weighted by Crippen LogP contribution is -2.09. The standard InChI is InChI=1S/C9H8ClNO3S/c10-15(12,13)6-5-14-9-4-2-1-3-8(9)7-11/h1-4H,5-6H2. The number of halogens is 1. The van der Waals surface area contributed by atoms with Gasteiger partial charge in [0.05, 0.1) is 11.3 Å². The Bertz CT molecular complexity index is 478. The summed E-state index contributed by atoms with van der Waals surface area (Å²) < 4.78 is 26.3. The Labute approximate surface area is 92.5 Å². The minimum atomic E-state index is -3.55. The smallest absolute Gasteiger partial charge is 0.235 e. The quantitative estimate of drug-likeness (QED) is 0.754. The van der Waals surface area contributed by atoms with Gasteiger partial charge in [0.2, 0.25) is 9.05 Å². The molecule has 15 heavy (non-hydrogen) atoms. The molecule has 6 heteroatoms. The van der Waals surface area contributed by atoms with E-state index in [9.17, 15) is 8.42 Å². The van der Waals surface area contributed by atoms with Gasteiger partial charge in [-0.3, -0.25) is 0 Å². The third-order valence-electron chi connectivity index (χ3n) is 1.59. The average molecular weight is 246 g/mol. The summed E-state index contributed by atoms with van der Waals surface area (Å²) in [5, 5.41) is 8.70. The molecule has 1 aromatic carbocycles. The van der Waals surface area contributed by atoms with Crippen LogP contribution in [0.25, 0.3) is 0 Å². The first-order valence-corrected chi connectivity index (χ1v) is 6.55. The van der Waals surface area contributed by atoms with E-state index in [0.29, 0.717) is 11.3 Å². The van der Waals surface area contributed by atoms with Crippen LogP contribution in [0.4, 0.5) is 0 Å². The first-order chi connectivity index (χ1) is 7.03. The first kappa shape index (κ1) is 11.8. The van der Waals surface area contributed by atoms with Gasteiger partial charge in [0, 0.05) is 10.7 Å². The molecule has 0 unspecified atom stereocenters. The Hall–Kier alpha value is -1.25. The Morgan fingerprint density at radius 2 is 2.07 bits per heavy atom. The van der Waals surface area contributed by atoms with E-state index in [1.165, 1.54) is 0 Å². The molecule has 0 aliphatic carbocycles. The van der Waals surface area contributed by atoms with Crippen LogP contribution in [0.2, 0.25) is 0 Å². The molecule has 0 aromatic heterocycles. The van der Waals surface area contributed by atoms with Crippen molar-refractivity contribution in [1.82, 2.24) is 0 Å². The molecule has 0 aliphatic rings. The van der Waals surface area contributed by atoms with Crippen molar-refractivity contribution >= 4 is 19.7 Å². The lowest BCUT2D eigenvalue weighted by atomic mass is 10.2. The molecule has 0 saturated carbocycles. The molecule has 1 rings (SSSR count). The number of rotatable bonds is 4. The van der Waals surface area contributed by atoms with Crippen molar-refractivity contribution in [3.8, 4) is 11.8 Å². The predicted octanol–water partition coefficient (Wildman–Crippen LogP) is 1.51. The second kappa shape index (κ2) is 5.01. The molecule has 0 bridgehead atoms. The van der Waals surface area contributed by atoms with Gasteiger partial charge in [-0.15, -0.1) is 0 Å². The van der Waals surface area contributed by atoms with Crippen LogP contribution < -0.4 is 4.74 Å². The van der Waals surface area contributed by atoms with Crippen LogP contribution in [-0.4, -0.2) is 20.8 Å². The SMILES string of the molecule is N#Cc1ccccc1OCCS(=O)(=O)Cl. The third-order valence-corrected chi connectivity index (χ3v) is 2.71. The Morgan fingerprint density at radius 1 is 1.40 bits per heavy atom. The van der Waals surface area contributed by atoms with Gasteiger partial charge in [-0.25, -0.2) is 8.42 Å². The largest absolute Gasteiger partial charge is 0.491 e. The van der Waals surface area contributed by atoms with Crippen molar-refractivity contribution in [3.05, 3.63) is 29.8 Å². The van der Waals surface area contributed by atoms with Crippen LogP contribution >= 0.6 is 10.7 Å². The molecule has 4 nitrogen and oxygen atoms in total. The number of para-hydroxylation sites is 1. The third kappa shape index (κ3) is 4.19. The molecule has 0 aliphatic heterocycles. The fraction of sp³-hybridized carbons (Fsp3) is 0.222. The van der Waals surface area contributed by atoms with Gasteiger partial charge in [0.25, 0.3) is 0 Å². The lowest BCUT2D eigenvalue weighted by Gasteiger charge is -2.05. The highest BCUT2D eigenvalue weighted by Gasteiger charge is 2.06. The van der Waals surface area contributed by atoms with Gasteiger partial charge in [-0.05, 0) is 12.1 Å². The van der Waals surface area contributed by atoms with Gasteiger partial charge in [0.1, 0.15) is 18.4 Å². The summed E-state index contributed by atoms with van der Waals surface area (Å²) in [6.07, 6.45) is 0. The molecular weight excluding hydrogens is 238 g/mol. The molecule has 80 valence electrons. The summed E-state index contributed by atoms with van der Waals surface area (Å²) >= 11 is 0. The van der Waals surface area contributed by atoms with Crippen LogP contribution in [0.15, 0.2) is 24.3 Å². The zero-order valence-electron chi connectivity index (χ0n) is 7.68. The number of hydrogen-bond acceptors (Lipinski definition) is 4. The molecular formula is C9H8ClNO3S. The van der Waals surface area contributed by atoms with Gasteiger partial charge < -0.3 is 4.74 Å². The maximum atomic E-state index is 10.6. The summed E-state index contributed by atoms with van der Waals surface area (Å²) in [4.78, 5) is 0. The van der Waals surface area contributed by atoms with Crippen molar-refractivity contribution in [3.63, 3.8) is 0 Å². The zero-order chi connectivity index (χ0) is 11.3. The van der Waals surface area contributed by atoms with Gasteiger partial charge in [-0.1, -0.05) is 12.1 Å². The summed E-state index contributed by atoms with van der Waals surface area (Å²) in [5.41, 5.74) is 0.365. The van der Waals surface area contributed by atoms with E-state index in [-0.39, 0.29) is 12.4 Å². The van der Waals surface area contributed by atoms with E-state index in [1.54, 1.807) is 24.3 Å². The van der Waals surface area contributed by atoms with Crippen LogP contribution in [0, 0.1) is 11.3 Å². The minimum Gasteiger partial charge on any atom is -0.491 e. The van der Waals surface area contributed by atoms with Crippen molar-refractivity contribution in [2.24, 2.45) is 0 Å². The topological polar surface area (TPSA) is 67.2 Å². The van der Waals surface area contributed by atoms with E-state index >= 15 is 0 Å². The predicted molar refractivity (Wildman–Crippen MR) is 56.3 cm³/mol. The highest BCUT2D eigenvalue weighted by Crippen LogP contribution is 2.16. The van der Waals surface area contributed by atoms with Crippen LogP contribution in [0.3, 0.4) is 0 Å². The number of nitrogens with zero attached hydrogens (tertiary/aromatic N) is 1. The monoisotopic (exact) mass is 245 g/mol. The van der Waals surface area contributed by atoms with Crippen molar-refractivity contribution in [2.45, 2.75) is 0 Å². The molecule has 0 heterocycles. The molecule has 0 atom stereocenters. The van der Waals surface area contributed by atoms with Crippen molar-refractivity contribution in [1.29, 1.82) is 5.26 Å². The van der Waals surface area contributed by atoms with Crippen molar-refractivity contribution < 1.29 is 13.2 Å². The van der Waals surface area contributed by atoms with E-state index in [0.717, 1.165) is 0 Å².